The highest BCUT2D eigenvalue weighted by Crippen LogP contribution is 2.25. The first kappa shape index (κ1) is 20.6. The van der Waals surface area contributed by atoms with Crippen LogP contribution >= 0.6 is 11.6 Å². The van der Waals surface area contributed by atoms with Crippen LogP contribution in [0.25, 0.3) is 0 Å². The summed E-state index contributed by atoms with van der Waals surface area (Å²) in [7, 11) is 1.28. The Morgan fingerprint density at radius 2 is 2.00 bits per heavy atom. The molecule has 3 rings (SSSR count). The molecule has 2 aromatic carbocycles. The molecule has 1 amide bonds. The summed E-state index contributed by atoms with van der Waals surface area (Å²) in [6, 6.07) is 9.83. The molecule has 2 aromatic rings. The molecule has 1 N–H and O–H groups in total. The molecule has 1 aliphatic heterocycles. The summed E-state index contributed by atoms with van der Waals surface area (Å²) in [6.45, 7) is 2.84. The molecular weight excluding hydrogens is 392 g/mol. The van der Waals surface area contributed by atoms with E-state index < -0.39 is 5.97 Å². The number of hydrogen-bond donors (Lipinski definition) is 1. The zero-order valence-electron chi connectivity index (χ0n) is 16.2. The number of halogens is 1. The average molecular weight is 413 g/mol. The summed E-state index contributed by atoms with van der Waals surface area (Å²) in [5, 5.41) is 3.31. The summed E-state index contributed by atoms with van der Waals surface area (Å²) >= 11 is 5.95. The van der Waals surface area contributed by atoms with Crippen molar-refractivity contribution in [1.82, 2.24) is 0 Å². The SMILES string of the molecule is COC(=O)c1cc(OCC2=NCCC=C2)ccc1NC(=O)c1ccc(Cl)cc1C. The van der Waals surface area contributed by atoms with E-state index in [1.807, 2.05) is 12.2 Å². The van der Waals surface area contributed by atoms with Crippen LogP contribution < -0.4 is 10.1 Å². The molecule has 0 saturated heterocycles. The van der Waals surface area contributed by atoms with Crippen LogP contribution in [0.2, 0.25) is 5.02 Å². The number of carbonyl (C=O) groups is 2. The lowest BCUT2D eigenvalue weighted by molar-refractivity contribution is 0.0601. The minimum Gasteiger partial charge on any atom is -0.487 e. The van der Waals surface area contributed by atoms with Crippen LogP contribution in [-0.4, -0.2) is 37.8 Å². The van der Waals surface area contributed by atoms with E-state index in [1.54, 1.807) is 43.3 Å². The molecule has 0 bridgehead atoms. The van der Waals surface area contributed by atoms with Gasteiger partial charge in [0.15, 0.2) is 0 Å². The van der Waals surface area contributed by atoms with Crippen molar-refractivity contribution in [3.63, 3.8) is 0 Å². The maximum atomic E-state index is 12.7. The van der Waals surface area contributed by atoms with Crippen LogP contribution in [0.5, 0.6) is 5.75 Å². The van der Waals surface area contributed by atoms with Gasteiger partial charge in [0.2, 0.25) is 0 Å². The number of amides is 1. The number of dihydropyridines is 1. The first-order valence-corrected chi connectivity index (χ1v) is 9.48. The Balaban J connectivity index is 1.80. The third kappa shape index (κ3) is 5.23. The molecular formula is C22H21ClN2O4. The fraction of sp³-hybridized carbons (Fsp3) is 0.227. The van der Waals surface area contributed by atoms with Crippen molar-refractivity contribution < 1.29 is 19.1 Å². The van der Waals surface area contributed by atoms with Gasteiger partial charge in [-0.1, -0.05) is 17.7 Å². The van der Waals surface area contributed by atoms with E-state index in [9.17, 15) is 9.59 Å². The predicted molar refractivity (Wildman–Crippen MR) is 113 cm³/mol. The largest absolute Gasteiger partial charge is 0.487 e. The zero-order valence-corrected chi connectivity index (χ0v) is 17.0. The Hall–Kier alpha value is -3.12. The van der Waals surface area contributed by atoms with Crippen LogP contribution in [0, 0.1) is 6.92 Å². The number of nitrogens with one attached hydrogen (secondary N) is 1. The topological polar surface area (TPSA) is 77.0 Å². The number of aliphatic imine (C=N–C) groups is 1. The van der Waals surface area contributed by atoms with Crippen LogP contribution in [0.1, 0.15) is 32.7 Å². The number of methoxy groups -OCH3 is 1. The lowest BCUT2D eigenvalue weighted by atomic mass is 10.1. The Bertz CT molecular complexity index is 998. The number of carbonyl (C=O) groups excluding carboxylic acids is 2. The number of esters is 1. The van der Waals surface area contributed by atoms with Crippen molar-refractivity contribution in [2.24, 2.45) is 4.99 Å². The predicted octanol–water partition coefficient (Wildman–Crippen LogP) is 4.47. The summed E-state index contributed by atoms with van der Waals surface area (Å²) in [6.07, 6.45) is 4.90. The number of benzene rings is 2. The van der Waals surface area contributed by atoms with Crippen molar-refractivity contribution in [3.8, 4) is 5.75 Å². The summed E-state index contributed by atoms with van der Waals surface area (Å²) in [5.41, 5.74) is 2.57. The smallest absolute Gasteiger partial charge is 0.340 e. The van der Waals surface area contributed by atoms with Gasteiger partial charge in [0.05, 0.1) is 24.1 Å². The number of nitrogens with zero attached hydrogens (tertiary/aromatic N) is 1. The van der Waals surface area contributed by atoms with Crippen LogP contribution in [0.4, 0.5) is 5.69 Å². The number of rotatable bonds is 6. The molecule has 0 fully saturated rings. The molecule has 7 heteroatoms. The van der Waals surface area contributed by atoms with E-state index in [0.717, 1.165) is 24.2 Å². The summed E-state index contributed by atoms with van der Waals surface area (Å²) in [4.78, 5) is 29.3. The molecule has 1 heterocycles. The van der Waals surface area contributed by atoms with Crippen molar-refractivity contribution >= 4 is 34.9 Å². The van der Waals surface area contributed by atoms with E-state index in [-0.39, 0.29) is 11.5 Å². The molecule has 6 nitrogen and oxygen atoms in total. The highest BCUT2D eigenvalue weighted by molar-refractivity contribution is 6.30. The van der Waals surface area contributed by atoms with Gasteiger partial charge in [-0.25, -0.2) is 4.79 Å². The van der Waals surface area contributed by atoms with Gasteiger partial charge >= 0.3 is 5.97 Å². The number of anilines is 1. The van der Waals surface area contributed by atoms with Gasteiger partial charge in [-0.05, 0) is 61.4 Å². The van der Waals surface area contributed by atoms with Crippen molar-refractivity contribution in [2.75, 3.05) is 25.6 Å². The van der Waals surface area contributed by atoms with E-state index in [0.29, 0.717) is 28.6 Å². The molecule has 1 aliphatic rings. The minimum atomic E-state index is -0.575. The molecule has 0 atom stereocenters. The molecule has 0 spiro atoms. The maximum Gasteiger partial charge on any atom is 0.340 e. The van der Waals surface area contributed by atoms with Crippen LogP contribution in [0.15, 0.2) is 53.5 Å². The minimum absolute atomic E-state index is 0.200. The molecule has 0 unspecified atom stereocenters. The fourth-order valence-corrected chi connectivity index (χ4v) is 3.10. The van der Waals surface area contributed by atoms with E-state index in [4.69, 9.17) is 21.1 Å². The van der Waals surface area contributed by atoms with E-state index in [1.165, 1.54) is 7.11 Å². The van der Waals surface area contributed by atoms with Gasteiger partial charge in [-0.3, -0.25) is 9.79 Å². The standard InChI is InChI=1S/C22H21ClN2O4/c1-14-11-15(23)6-8-18(14)21(26)25-20-9-7-17(12-19(20)22(27)28-2)29-13-16-5-3-4-10-24-16/h3,5-9,11-12H,4,10,13H2,1-2H3,(H,25,26). The monoisotopic (exact) mass is 412 g/mol. The van der Waals surface area contributed by atoms with Gasteiger partial charge in [0.25, 0.3) is 5.91 Å². The molecule has 0 saturated carbocycles. The first-order chi connectivity index (χ1) is 14.0. The Morgan fingerprint density at radius 3 is 2.69 bits per heavy atom. The molecule has 0 aromatic heterocycles. The Labute approximate surface area is 174 Å². The van der Waals surface area contributed by atoms with Crippen molar-refractivity contribution in [2.45, 2.75) is 13.3 Å². The van der Waals surface area contributed by atoms with Crippen LogP contribution in [-0.2, 0) is 4.74 Å². The maximum absolute atomic E-state index is 12.7. The van der Waals surface area contributed by atoms with E-state index >= 15 is 0 Å². The first-order valence-electron chi connectivity index (χ1n) is 9.10. The Kier molecular flexibility index (Phi) is 6.67. The quantitative estimate of drug-likeness (QED) is 0.710. The molecule has 150 valence electrons. The molecule has 0 radical (unpaired) electrons. The number of ether oxygens (including phenoxy) is 2. The van der Waals surface area contributed by atoms with Gasteiger partial charge in [0, 0.05) is 17.1 Å². The normalized spacial score (nSPS) is 12.9. The third-order valence-corrected chi connectivity index (χ3v) is 4.62. The second-order valence-corrected chi connectivity index (χ2v) is 6.90. The van der Waals surface area contributed by atoms with Crippen LogP contribution in [0.3, 0.4) is 0 Å². The van der Waals surface area contributed by atoms with Gasteiger partial charge in [0.1, 0.15) is 12.4 Å². The highest BCUT2D eigenvalue weighted by Gasteiger charge is 2.17. The highest BCUT2D eigenvalue weighted by atomic mass is 35.5. The van der Waals surface area contributed by atoms with Gasteiger partial charge in [-0.2, -0.15) is 0 Å². The fourth-order valence-electron chi connectivity index (χ4n) is 2.88. The second-order valence-electron chi connectivity index (χ2n) is 6.47. The average Bonchev–Trinajstić information content (AvgIpc) is 2.73. The van der Waals surface area contributed by atoms with Gasteiger partial charge < -0.3 is 14.8 Å². The lowest BCUT2D eigenvalue weighted by Crippen LogP contribution is -2.17. The molecule has 29 heavy (non-hydrogen) atoms. The zero-order chi connectivity index (χ0) is 20.8. The summed E-state index contributed by atoms with van der Waals surface area (Å²) < 4.78 is 10.6. The second kappa shape index (κ2) is 9.39. The van der Waals surface area contributed by atoms with Gasteiger partial charge in [-0.15, -0.1) is 0 Å². The van der Waals surface area contributed by atoms with Crippen molar-refractivity contribution in [3.05, 3.63) is 70.3 Å². The van der Waals surface area contributed by atoms with Crippen molar-refractivity contribution in [1.29, 1.82) is 0 Å². The lowest BCUT2D eigenvalue weighted by Gasteiger charge is -2.14. The summed E-state index contributed by atoms with van der Waals surface area (Å²) in [5.74, 6) is -0.444. The number of hydrogen-bond acceptors (Lipinski definition) is 5. The van der Waals surface area contributed by atoms with E-state index in [2.05, 4.69) is 10.3 Å². The molecule has 0 aliphatic carbocycles. The number of aryl methyl sites for hydroxylation is 1. The third-order valence-electron chi connectivity index (χ3n) is 4.39. The Morgan fingerprint density at radius 1 is 1.17 bits per heavy atom.